The minimum absolute atomic E-state index is 0.0642. The molecule has 5 heterocycles. The first kappa shape index (κ1) is 25.4. The number of amides is 1. The number of carbonyl (C=O) groups is 1. The van der Waals surface area contributed by atoms with Gasteiger partial charge in [-0.3, -0.25) is 4.79 Å². The first-order chi connectivity index (χ1) is 17.3. The Morgan fingerprint density at radius 3 is 2.41 bits per heavy atom. The standard InChI is InChI=1S/C26H33N7O3S/c1-16-9-20(28-11-19(16)10-27)33-14-25(4,5)21-22(29-15-30-23(21)33)31-12-18(3)32(13-17(31)2)24(34)26(6)7-8-37(26,35)36/h9,11,15,17-18H,7-8,12-14H2,1-6H3/t17-,18+,26?/m0/s1. The van der Waals surface area contributed by atoms with Crippen molar-refractivity contribution in [2.75, 3.05) is 35.2 Å². The number of nitriles is 1. The monoisotopic (exact) mass is 523 g/mol. The van der Waals surface area contributed by atoms with E-state index in [1.807, 2.05) is 26.8 Å². The van der Waals surface area contributed by atoms with Gasteiger partial charge in [-0.1, -0.05) is 13.8 Å². The van der Waals surface area contributed by atoms with E-state index in [9.17, 15) is 18.5 Å². The maximum absolute atomic E-state index is 13.3. The fraction of sp³-hybridized carbons (Fsp3) is 0.577. The number of nitrogens with zero attached hydrogens (tertiary/aromatic N) is 7. The molecule has 2 aromatic rings. The summed E-state index contributed by atoms with van der Waals surface area (Å²) in [6, 6.07) is 3.84. The van der Waals surface area contributed by atoms with Crippen LogP contribution in [0.15, 0.2) is 18.6 Å². The SMILES string of the molecule is Cc1cc(N2CC(C)(C)c3c2ncnc3N2C[C@@H](C)N(C(=O)C3(C)CCS3(=O)=O)C[C@@H]2C)ncc1C#N. The average Bonchev–Trinajstić information content (AvgIpc) is 3.14. The molecular weight excluding hydrogens is 490 g/mol. The minimum atomic E-state index is -3.40. The Labute approximate surface area is 218 Å². The molecule has 2 saturated heterocycles. The largest absolute Gasteiger partial charge is 0.350 e. The van der Waals surface area contributed by atoms with Crippen LogP contribution in [0.2, 0.25) is 0 Å². The lowest BCUT2D eigenvalue weighted by Crippen LogP contribution is -2.66. The van der Waals surface area contributed by atoms with Gasteiger partial charge in [0, 0.05) is 48.9 Å². The Morgan fingerprint density at radius 1 is 1.11 bits per heavy atom. The molecule has 10 nitrogen and oxygen atoms in total. The van der Waals surface area contributed by atoms with Crippen LogP contribution in [0.5, 0.6) is 0 Å². The van der Waals surface area contributed by atoms with Crippen LogP contribution < -0.4 is 9.80 Å². The van der Waals surface area contributed by atoms with Crippen molar-refractivity contribution in [3.63, 3.8) is 0 Å². The number of hydrogen-bond donors (Lipinski definition) is 0. The van der Waals surface area contributed by atoms with Crippen LogP contribution in [0.1, 0.15) is 57.7 Å². The van der Waals surface area contributed by atoms with Gasteiger partial charge in [-0.15, -0.1) is 0 Å². The number of carbonyl (C=O) groups excluding carboxylic acids is 1. The molecule has 196 valence electrons. The third kappa shape index (κ3) is 3.76. The highest BCUT2D eigenvalue weighted by Gasteiger charge is 2.57. The van der Waals surface area contributed by atoms with Crippen molar-refractivity contribution in [2.45, 2.75) is 70.2 Å². The Morgan fingerprint density at radius 2 is 1.81 bits per heavy atom. The van der Waals surface area contributed by atoms with E-state index in [1.54, 1.807) is 24.3 Å². The second-order valence-electron chi connectivity index (χ2n) is 11.4. The summed E-state index contributed by atoms with van der Waals surface area (Å²) >= 11 is 0. The number of hydrogen-bond acceptors (Lipinski definition) is 9. The molecule has 0 aliphatic carbocycles. The number of piperazine rings is 1. The summed E-state index contributed by atoms with van der Waals surface area (Å²) in [6.07, 6.45) is 3.54. The summed E-state index contributed by atoms with van der Waals surface area (Å²) in [6.45, 7) is 13.4. The number of aryl methyl sites for hydroxylation is 1. The van der Waals surface area contributed by atoms with Gasteiger partial charge >= 0.3 is 0 Å². The van der Waals surface area contributed by atoms with Crippen LogP contribution in [0.3, 0.4) is 0 Å². The van der Waals surface area contributed by atoms with Crippen LogP contribution in [0.4, 0.5) is 17.5 Å². The van der Waals surface area contributed by atoms with Crippen molar-refractivity contribution in [1.29, 1.82) is 5.26 Å². The normalized spacial score (nSPS) is 27.9. The fourth-order valence-electron chi connectivity index (χ4n) is 5.76. The van der Waals surface area contributed by atoms with Crippen LogP contribution in [-0.4, -0.2) is 76.4 Å². The van der Waals surface area contributed by atoms with Crippen LogP contribution in [-0.2, 0) is 20.0 Å². The highest BCUT2D eigenvalue weighted by atomic mass is 32.2. The third-order valence-electron chi connectivity index (χ3n) is 8.29. The first-order valence-electron chi connectivity index (χ1n) is 12.6. The van der Waals surface area contributed by atoms with E-state index in [4.69, 9.17) is 4.98 Å². The number of sulfone groups is 1. The van der Waals surface area contributed by atoms with Crippen molar-refractivity contribution in [2.24, 2.45) is 0 Å². The van der Waals surface area contributed by atoms with Gasteiger partial charge in [-0.2, -0.15) is 5.26 Å². The van der Waals surface area contributed by atoms with Gasteiger partial charge in [0.2, 0.25) is 5.91 Å². The van der Waals surface area contributed by atoms with Crippen LogP contribution in [0, 0.1) is 18.3 Å². The number of anilines is 3. The van der Waals surface area contributed by atoms with Crippen LogP contribution in [0.25, 0.3) is 0 Å². The molecule has 11 heteroatoms. The molecule has 0 aromatic carbocycles. The smallest absolute Gasteiger partial charge is 0.244 e. The molecule has 3 atom stereocenters. The van der Waals surface area contributed by atoms with E-state index < -0.39 is 14.6 Å². The first-order valence-corrected chi connectivity index (χ1v) is 14.3. The second-order valence-corrected chi connectivity index (χ2v) is 14.0. The molecule has 0 saturated carbocycles. The summed E-state index contributed by atoms with van der Waals surface area (Å²) in [5.41, 5.74) is 2.15. The predicted molar refractivity (Wildman–Crippen MR) is 141 cm³/mol. The summed E-state index contributed by atoms with van der Waals surface area (Å²) in [4.78, 5) is 33.3. The van der Waals surface area contributed by atoms with E-state index in [2.05, 4.69) is 39.7 Å². The van der Waals surface area contributed by atoms with E-state index in [-0.39, 0.29) is 29.2 Å². The van der Waals surface area contributed by atoms with Crippen molar-refractivity contribution in [3.05, 3.63) is 35.3 Å². The average molecular weight is 524 g/mol. The zero-order valence-corrected chi connectivity index (χ0v) is 23.0. The predicted octanol–water partition coefficient (Wildman–Crippen LogP) is 2.48. The molecule has 5 rings (SSSR count). The highest BCUT2D eigenvalue weighted by molar-refractivity contribution is 7.95. The van der Waals surface area contributed by atoms with Gasteiger partial charge in [0.25, 0.3) is 0 Å². The maximum Gasteiger partial charge on any atom is 0.244 e. The molecule has 2 aromatic heterocycles. The zero-order chi connectivity index (χ0) is 26.9. The number of pyridine rings is 1. The van der Waals surface area contributed by atoms with Crippen LogP contribution >= 0.6 is 0 Å². The van der Waals surface area contributed by atoms with Gasteiger partial charge in [-0.25, -0.2) is 23.4 Å². The molecular formula is C26H33N7O3S. The van der Waals surface area contributed by atoms with Gasteiger partial charge in [0.05, 0.1) is 11.3 Å². The highest BCUT2D eigenvalue weighted by Crippen LogP contribution is 2.47. The minimum Gasteiger partial charge on any atom is -0.350 e. The summed E-state index contributed by atoms with van der Waals surface area (Å²) in [7, 11) is -3.40. The summed E-state index contributed by atoms with van der Waals surface area (Å²) in [5, 5.41) is 9.30. The fourth-order valence-corrected chi connectivity index (χ4v) is 7.30. The molecule has 2 fully saturated rings. The summed E-state index contributed by atoms with van der Waals surface area (Å²) < 4.78 is 23.5. The quantitative estimate of drug-likeness (QED) is 0.597. The Kier molecular flexibility index (Phi) is 5.75. The van der Waals surface area contributed by atoms with Crippen molar-refractivity contribution in [3.8, 4) is 6.07 Å². The molecule has 3 aliphatic rings. The van der Waals surface area contributed by atoms with Crippen molar-refractivity contribution >= 4 is 33.2 Å². The molecule has 0 spiro atoms. The Bertz CT molecular complexity index is 1430. The number of rotatable bonds is 3. The Balaban J connectivity index is 1.47. The lowest BCUT2D eigenvalue weighted by atomic mass is 9.87. The topological polar surface area (TPSA) is 123 Å². The zero-order valence-electron chi connectivity index (χ0n) is 22.2. The summed E-state index contributed by atoms with van der Waals surface area (Å²) in [5.74, 6) is 2.14. The second kappa shape index (κ2) is 8.38. The molecule has 37 heavy (non-hydrogen) atoms. The Hall–Kier alpha value is -3.26. The van der Waals surface area contributed by atoms with Gasteiger partial charge < -0.3 is 14.7 Å². The molecule has 0 N–H and O–H groups in total. The van der Waals surface area contributed by atoms with Gasteiger partial charge in [0.1, 0.15) is 34.6 Å². The number of fused-ring (bicyclic) bond motifs is 1. The van der Waals surface area contributed by atoms with E-state index in [0.717, 1.165) is 28.6 Å². The lowest BCUT2D eigenvalue weighted by Gasteiger charge is -2.49. The maximum atomic E-state index is 13.3. The third-order valence-corrected chi connectivity index (χ3v) is 10.8. The molecule has 1 unspecified atom stereocenters. The van der Waals surface area contributed by atoms with E-state index >= 15 is 0 Å². The van der Waals surface area contributed by atoms with E-state index in [1.165, 1.54) is 0 Å². The van der Waals surface area contributed by atoms with Crippen molar-refractivity contribution in [1.82, 2.24) is 19.9 Å². The van der Waals surface area contributed by atoms with Gasteiger partial charge in [-0.05, 0) is 45.7 Å². The van der Waals surface area contributed by atoms with Crippen molar-refractivity contribution < 1.29 is 13.2 Å². The van der Waals surface area contributed by atoms with E-state index in [0.29, 0.717) is 31.6 Å². The molecule has 0 bridgehead atoms. The number of aromatic nitrogens is 3. The molecule has 1 amide bonds. The van der Waals surface area contributed by atoms with Gasteiger partial charge in [0.15, 0.2) is 9.84 Å². The molecule has 3 aliphatic heterocycles. The molecule has 0 radical (unpaired) electrons. The lowest BCUT2D eigenvalue weighted by molar-refractivity contribution is -0.137.